The van der Waals surface area contributed by atoms with E-state index in [1.807, 2.05) is 7.05 Å². The average Bonchev–Trinajstić information content (AvgIpc) is 2.47. The van der Waals surface area contributed by atoms with Crippen molar-refractivity contribution in [2.75, 3.05) is 23.8 Å². The predicted molar refractivity (Wildman–Crippen MR) is 98.9 cm³/mol. The summed E-state index contributed by atoms with van der Waals surface area (Å²) in [7, 11) is 1.98. The van der Waals surface area contributed by atoms with Gasteiger partial charge in [-0.2, -0.15) is 0 Å². The highest BCUT2D eigenvalue weighted by Crippen LogP contribution is 2.29. The van der Waals surface area contributed by atoms with Gasteiger partial charge in [0.2, 0.25) is 5.91 Å². The minimum absolute atomic E-state index is 0.115. The summed E-state index contributed by atoms with van der Waals surface area (Å²) in [6, 6.07) is 11.5. The van der Waals surface area contributed by atoms with Crippen LogP contribution in [-0.4, -0.2) is 19.5 Å². The van der Waals surface area contributed by atoms with Crippen LogP contribution in [0.2, 0.25) is 10.0 Å². The van der Waals surface area contributed by atoms with Crippen LogP contribution in [0.25, 0.3) is 0 Å². The second-order valence-electron chi connectivity index (χ2n) is 5.66. The molecule has 0 aliphatic heterocycles. The van der Waals surface area contributed by atoms with Gasteiger partial charge in [0.1, 0.15) is 0 Å². The number of para-hydroxylation sites is 1. The summed E-state index contributed by atoms with van der Waals surface area (Å²) in [5.41, 5.74) is 3.99. The third kappa shape index (κ3) is 4.88. The number of hydrogen-bond donors (Lipinski definition) is 1. The molecule has 0 saturated carbocycles. The van der Waals surface area contributed by atoms with E-state index in [1.54, 1.807) is 18.2 Å². The summed E-state index contributed by atoms with van der Waals surface area (Å²) < 4.78 is 0. The number of hydrogen-bond acceptors (Lipinski definition) is 2. The fourth-order valence-electron chi connectivity index (χ4n) is 2.39. The van der Waals surface area contributed by atoms with Crippen LogP contribution in [-0.2, 0) is 4.79 Å². The maximum atomic E-state index is 12.1. The number of anilines is 2. The Labute approximate surface area is 147 Å². The molecular formula is C18H20Cl2N2O. The fraction of sp³-hybridized carbons (Fsp3) is 0.278. The molecule has 2 aromatic rings. The molecule has 0 heterocycles. The van der Waals surface area contributed by atoms with E-state index in [0.717, 1.165) is 5.69 Å². The molecule has 2 rings (SSSR count). The van der Waals surface area contributed by atoms with Crippen LogP contribution in [0.3, 0.4) is 0 Å². The Hall–Kier alpha value is -1.71. The van der Waals surface area contributed by atoms with Crippen molar-refractivity contribution in [3.8, 4) is 0 Å². The number of carbonyl (C=O) groups excluding carboxylic acids is 1. The van der Waals surface area contributed by atoms with E-state index in [4.69, 9.17) is 23.2 Å². The molecule has 2 aromatic carbocycles. The lowest BCUT2D eigenvalue weighted by Gasteiger charge is -2.20. The fourth-order valence-corrected chi connectivity index (χ4v) is 2.88. The summed E-state index contributed by atoms with van der Waals surface area (Å²) >= 11 is 12.1. The lowest BCUT2D eigenvalue weighted by molar-refractivity contribution is -0.116. The van der Waals surface area contributed by atoms with Gasteiger partial charge in [-0.1, -0.05) is 35.3 Å². The van der Waals surface area contributed by atoms with Crippen molar-refractivity contribution in [3.05, 3.63) is 57.6 Å². The first-order valence-corrected chi connectivity index (χ1v) is 8.15. The zero-order chi connectivity index (χ0) is 17.0. The number of carbonyl (C=O) groups is 1. The highest BCUT2D eigenvalue weighted by Gasteiger charge is 2.11. The molecule has 1 amide bonds. The second-order valence-corrected chi connectivity index (χ2v) is 6.48. The van der Waals surface area contributed by atoms with Gasteiger partial charge in [0, 0.05) is 25.7 Å². The van der Waals surface area contributed by atoms with Gasteiger partial charge in [-0.25, -0.2) is 0 Å². The maximum absolute atomic E-state index is 12.1. The van der Waals surface area contributed by atoms with Crippen LogP contribution in [0.5, 0.6) is 0 Å². The zero-order valence-corrected chi connectivity index (χ0v) is 15.0. The molecule has 1 N–H and O–H groups in total. The molecule has 0 aromatic heterocycles. The van der Waals surface area contributed by atoms with Gasteiger partial charge in [-0.3, -0.25) is 4.79 Å². The molecule has 3 nitrogen and oxygen atoms in total. The normalized spacial score (nSPS) is 10.5. The van der Waals surface area contributed by atoms with E-state index in [0.29, 0.717) is 28.7 Å². The molecular weight excluding hydrogens is 331 g/mol. The van der Waals surface area contributed by atoms with Crippen molar-refractivity contribution in [3.63, 3.8) is 0 Å². The summed E-state index contributed by atoms with van der Waals surface area (Å²) in [6.07, 6.45) is 0.352. The van der Waals surface area contributed by atoms with Gasteiger partial charge < -0.3 is 10.2 Å². The predicted octanol–water partition coefficient (Wildman–Crippen LogP) is 5.08. The van der Waals surface area contributed by atoms with Gasteiger partial charge in [0.15, 0.2) is 0 Å². The van der Waals surface area contributed by atoms with Crippen molar-refractivity contribution in [2.45, 2.75) is 20.3 Å². The topological polar surface area (TPSA) is 32.3 Å². The Kier molecular flexibility index (Phi) is 5.91. The number of amides is 1. The molecule has 0 aliphatic rings. The molecule has 0 fully saturated rings. The van der Waals surface area contributed by atoms with Crippen molar-refractivity contribution >= 4 is 40.5 Å². The van der Waals surface area contributed by atoms with Crippen LogP contribution >= 0.6 is 23.2 Å². The Morgan fingerprint density at radius 2 is 1.65 bits per heavy atom. The Bertz CT molecular complexity index is 676. The highest BCUT2D eigenvalue weighted by molar-refractivity contribution is 6.39. The van der Waals surface area contributed by atoms with Crippen LogP contribution in [0, 0.1) is 13.8 Å². The van der Waals surface area contributed by atoms with Gasteiger partial charge >= 0.3 is 0 Å². The minimum Gasteiger partial charge on any atom is -0.374 e. The number of rotatable bonds is 5. The average molecular weight is 351 g/mol. The number of nitrogens with zero attached hydrogens (tertiary/aromatic N) is 1. The largest absolute Gasteiger partial charge is 0.374 e. The highest BCUT2D eigenvalue weighted by atomic mass is 35.5. The number of halogens is 2. The first-order chi connectivity index (χ1) is 10.9. The van der Waals surface area contributed by atoms with Crippen LogP contribution in [0.15, 0.2) is 36.4 Å². The zero-order valence-electron chi connectivity index (χ0n) is 13.5. The summed E-state index contributed by atoms with van der Waals surface area (Å²) in [4.78, 5) is 14.2. The molecule has 23 heavy (non-hydrogen) atoms. The smallest absolute Gasteiger partial charge is 0.226 e. The molecule has 0 unspecified atom stereocenters. The van der Waals surface area contributed by atoms with E-state index >= 15 is 0 Å². The van der Waals surface area contributed by atoms with Crippen LogP contribution in [0.4, 0.5) is 11.4 Å². The SMILES string of the molecule is Cc1cc(C)cc(N(C)CCC(=O)Nc2c(Cl)cccc2Cl)c1. The molecule has 0 atom stereocenters. The van der Waals surface area contributed by atoms with E-state index in [9.17, 15) is 4.79 Å². The van der Waals surface area contributed by atoms with Gasteiger partial charge in [0.05, 0.1) is 15.7 Å². The van der Waals surface area contributed by atoms with Crippen molar-refractivity contribution in [1.29, 1.82) is 0 Å². The van der Waals surface area contributed by atoms with E-state index < -0.39 is 0 Å². The first kappa shape index (κ1) is 17.6. The van der Waals surface area contributed by atoms with Gasteiger partial charge in [0.25, 0.3) is 0 Å². The third-order valence-electron chi connectivity index (χ3n) is 3.55. The lowest BCUT2D eigenvalue weighted by atomic mass is 10.1. The molecule has 0 saturated heterocycles. The van der Waals surface area contributed by atoms with E-state index in [1.165, 1.54) is 11.1 Å². The van der Waals surface area contributed by atoms with Gasteiger partial charge in [-0.05, 0) is 49.2 Å². The second kappa shape index (κ2) is 7.71. The molecule has 0 bridgehead atoms. The number of nitrogens with one attached hydrogen (secondary N) is 1. The van der Waals surface area contributed by atoms with Crippen molar-refractivity contribution in [1.82, 2.24) is 0 Å². The van der Waals surface area contributed by atoms with Crippen LogP contribution in [0.1, 0.15) is 17.5 Å². The summed E-state index contributed by atoms with van der Waals surface area (Å²) in [5.74, 6) is -0.115. The Morgan fingerprint density at radius 1 is 1.09 bits per heavy atom. The first-order valence-electron chi connectivity index (χ1n) is 7.40. The van der Waals surface area contributed by atoms with E-state index in [2.05, 4.69) is 42.3 Å². The monoisotopic (exact) mass is 350 g/mol. The van der Waals surface area contributed by atoms with E-state index in [-0.39, 0.29) is 5.91 Å². The molecule has 0 aliphatic carbocycles. The molecule has 122 valence electrons. The number of benzene rings is 2. The lowest BCUT2D eigenvalue weighted by Crippen LogP contribution is -2.24. The molecule has 0 radical (unpaired) electrons. The Balaban J connectivity index is 1.96. The molecule has 0 spiro atoms. The van der Waals surface area contributed by atoms with Gasteiger partial charge in [-0.15, -0.1) is 0 Å². The maximum Gasteiger partial charge on any atom is 0.226 e. The standard InChI is InChI=1S/C18H20Cl2N2O/c1-12-9-13(2)11-14(10-12)22(3)8-7-17(23)21-18-15(19)5-4-6-16(18)20/h4-6,9-11H,7-8H2,1-3H3,(H,21,23). The minimum atomic E-state index is -0.115. The Morgan fingerprint density at radius 3 is 2.22 bits per heavy atom. The third-order valence-corrected chi connectivity index (χ3v) is 4.18. The molecule has 5 heteroatoms. The quantitative estimate of drug-likeness (QED) is 0.815. The number of aryl methyl sites for hydroxylation is 2. The van der Waals surface area contributed by atoms with Crippen LogP contribution < -0.4 is 10.2 Å². The summed E-state index contributed by atoms with van der Waals surface area (Å²) in [5, 5.41) is 3.66. The van der Waals surface area contributed by atoms with Crippen molar-refractivity contribution < 1.29 is 4.79 Å². The van der Waals surface area contributed by atoms with Crippen molar-refractivity contribution in [2.24, 2.45) is 0 Å². The summed E-state index contributed by atoms with van der Waals surface area (Å²) in [6.45, 7) is 4.74.